The fourth-order valence-electron chi connectivity index (χ4n) is 3.60. The van der Waals surface area contributed by atoms with Gasteiger partial charge in [-0.15, -0.1) is 0 Å². The Morgan fingerprint density at radius 3 is 2.44 bits per heavy atom. The second kappa shape index (κ2) is 5.55. The van der Waals surface area contributed by atoms with Gasteiger partial charge in [-0.1, -0.05) is 0 Å². The number of hydrazine groups is 1. The van der Waals surface area contributed by atoms with Gasteiger partial charge < -0.3 is 9.80 Å². The molecule has 104 valence electrons. The van der Waals surface area contributed by atoms with E-state index in [0.29, 0.717) is 5.92 Å². The Labute approximate surface area is 110 Å². The van der Waals surface area contributed by atoms with Crippen LogP contribution in [0.4, 0.5) is 0 Å². The van der Waals surface area contributed by atoms with Gasteiger partial charge in [0.05, 0.1) is 5.41 Å². The molecule has 2 aliphatic rings. The van der Waals surface area contributed by atoms with E-state index in [0.717, 1.165) is 45.4 Å². The van der Waals surface area contributed by atoms with E-state index in [1.807, 2.05) is 0 Å². The first-order chi connectivity index (χ1) is 8.58. The number of likely N-dealkylation sites (tertiary alicyclic amines) is 2. The molecule has 0 aromatic carbocycles. The van der Waals surface area contributed by atoms with Gasteiger partial charge in [0.1, 0.15) is 0 Å². The van der Waals surface area contributed by atoms with E-state index >= 15 is 0 Å². The molecule has 0 spiro atoms. The zero-order valence-corrected chi connectivity index (χ0v) is 11.6. The Bertz CT molecular complexity index is 299. The van der Waals surface area contributed by atoms with Crippen LogP contribution in [0.2, 0.25) is 0 Å². The molecule has 0 saturated carbocycles. The maximum Gasteiger partial charge on any atom is 0.240 e. The first kappa shape index (κ1) is 13.8. The lowest BCUT2D eigenvalue weighted by atomic mass is 9.65. The van der Waals surface area contributed by atoms with Crippen LogP contribution < -0.4 is 11.3 Å². The number of nitrogens with zero attached hydrogens (tertiary/aromatic N) is 2. The molecule has 18 heavy (non-hydrogen) atoms. The van der Waals surface area contributed by atoms with Gasteiger partial charge in [0.15, 0.2) is 0 Å². The summed E-state index contributed by atoms with van der Waals surface area (Å²) in [6, 6.07) is 0. The number of hydrogen-bond acceptors (Lipinski definition) is 4. The molecule has 2 aliphatic heterocycles. The van der Waals surface area contributed by atoms with Gasteiger partial charge in [0.2, 0.25) is 5.91 Å². The van der Waals surface area contributed by atoms with Gasteiger partial charge in [0.25, 0.3) is 0 Å². The highest BCUT2D eigenvalue weighted by Crippen LogP contribution is 2.42. The minimum atomic E-state index is -0.240. The minimum absolute atomic E-state index is 0.0518. The molecule has 5 heteroatoms. The molecule has 5 nitrogen and oxygen atoms in total. The van der Waals surface area contributed by atoms with E-state index in [2.05, 4.69) is 29.3 Å². The van der Waals surface area contributed by atoms with E-state index in [4.69, 9.17) is 5.84 Å². The summed E-state index contributed by atoms with van der Waals surface area (Å²) in [5.74, 6) is 5.94. The van der Waals surface area contributed by atoms with Crippen LogP contribution in [0.5, 0.6) is 0 Å². The van der Waals surface area contributed by atoms with Crippen LogP contribution in [-0.2, 0) is 4.79 Å². The molecule has 0 bridgehead atoms. The topological polar surface area (TPSA) is 61.6 Å². The van der Waals surface area contributed by atoms with Crippen molar-refractivity contribution in [1.82, 2.24) is 15.2 Å². The quantitative estimate of drug-likeness (QED) is 0.415. The normalized spacial score (nSPS) is 30.1. The summed E-state index contributed by atoms with van der Waals surface area (Å²) in [5, 5.41) is 0. The Hall–Kier alpha value is -0.650. The van der Waals surface area contributed by atoms with Crippen LogP contribution in [0.25, 0.3) is 0 Å². The second-order valence-electron chi connectivity index (χ2n) is 6.03. The van der Waals surface area contributed by atoms with Crippen LogP contribution in [0.3, 0.4) is 0 Å². The third-order valence-corrected chi connectivity index (χ3v) is 4.87. The lowest BCUT2D eigenvalue weighted by Gasteiger charge is -2.47. The SMILES string of the molecule is CN1CCC(C(=O)NN)(C2CCCN(C)C2)CC1. The number of piperidine rings is 2. The zero-order chi connectivity index (χ0) is 13.2. The van der Waals surface area contributed by atoms with Gasteiger partial charge in [-0.25, -0.2) is 5.84 Å². The summed E-state index contributed by atoms with van der Waals surface area (Å²) in [5.41, 5.74) is 2.19. The van der Waals surface area contributed by atoms with Crippen molar-refractivity contribution >= 4 is 5.91 Å². The number of rotatable bonds is 2. The average Bonchev–Trinajstić information content (AvgIpc) is 2.39. The third-order valence-electron chi connectivity index (χ3n) is 4.87. The van der Waals surface area contributed by atoms with E-state index in [1.165, 1.54) is 6.42 Å². The largest absolute Gasteiger partial charge is 0.306 e. The van der Waals surface area contributed by atoms with Crippen molar-refractivity contribution in [2.24, 2.45) is 17.2 Å². The summed E-state index contributed by atoms with van der Waals surface area (Å²) in [7, 11) is 4.27. The summed E-state index contributed by atoms with van der Waals surface area (Å²) < 4.78 is 0. The zero-order valence-electron chi connectivity index (χ0n) is 11.6. The molecule has 1 atom stereocenters. The van der Waals surface area contributed by atoms with Gasteiger partial charge in [-0.05, 0) is 65.3 Å². The standard InChI is InChI=1S/C13H26N4O/c1-16-8-5-13(6-9-16,12(18)15-14)11-4-3-7-17(2)10-11/h11H,3-10,14H2,1-2H3,(H,15,18). The van der Waals surface area contributed by atoms with Crippen molar-refractivity contribution in [2.75, 3.05) is 40.3 Å². The molecule has 2 heterocycles. The number of carbonyl (C=O) groups is 1. The monoisotopic (exact) mass is 254 g/mol. The van der Waals surface area contributed by atoms with Crippen molar-refractivity contribution in [1.29, 1.82) is 0 Å². The minimum Gasteiger partial charge on any atom is -0.306 e. The van der Waals surface area contributed by atoms with Crippen molar-refractivity contribution in [3.8, 4) is 0 Å². The highest BCUT2D eigenvalue weighted by molar-refractivity contribution is 5.82. The van der Waals surface area contributed by atoms with Crippen molar-refractivity contribution in [2.45, 2.75) is 25.7 Å². The second-order valence-corrected chi connectivity index (χ2v) is 6.03. The van der Waals surface area contributed by atoms with Crippen LogP contribution >= 0.6 is 0 Å². The smallest absolute Gasteiger partial charge is 0.240 e. The van der Waals surface area contributed by atoms with Crippen molar-refractivity contribution in [3.05, 3.63) is 0 Å². The summed E-state index contributed by atoms with van der Waals surface area (Å²) in [6.07, 6.45) is 4.22. The predicted molar refractivity (Wildman–Crippen MR) is 71.7 cm³/mol. The molecule has 0 radical (unpaired) electrons. The third kappa shape index (κ3) is 2.53. The lowest BCUT2D eigenvalue weighted by Crippen LogP contribution is -2.56. The predicted octanol–water partition coefficient (Wildman–Crippen LogP) is 0.0301. The van der Waals surface area contributed by atoms with Gasteiger partial charge in [-0.2, -0.15) is 0 Å². The van der Waals surface area contributed by atoms with E-state index < -0.39 is 0 Å². The van der Waals surface area contributed by atoms with Gasteiger partial charge in [-0.3, -0.25) is 10.2 Å². The summed E-state index contributed by atoms with van der Waals surface area (Å²) in [4.78, 5) is 17.0. The maximum atomic E-state index is 12.3. The molecule has 2 fully saturated rings. The Kier molecular flexibility index (Phi) is 4.25. The van der Waals surface area contributed by atoms with Crippen molar-refractivity contribution < 1.29 is 4.79 Å². The highest BCUT2D eigenvalue weighted by atomic mass is 16.2. The van der Waals surface area contributed by atoms with Crippen LogP contribution in [0.15, 0.2) is 0 Å². The lowest BCUT2D eigenvalue weighted by molar-refractivity contribution is -0.139. The molecule has 1 amide bonds. The first-order valence-corrected chi connectivity index (χ1v) is 6.96. The van der Waals surface area contributed by atoms with Gasteiger partial charge >= 0.3 is 0 Å². The van der Waals surface area contributed by atoms with E-state index in [-0.39, 0.29) is 11.3 Å². The molecule has 2 rings (SSSR count). The molecule has 3 N–H and O–H groups in total. The Morgan fingerprint density at radius 2 is 1.89 bits per heavy atom. The number of nitrogens with one attached hydrogen (secondary N) is 1. The Balaban J connectivity index is 2.16. The number of amides is 1. The molecule has 0 aromatic rings. The first-order valence-electron chi connectivity index (χ1n) is 6.96. The molecule has 2 saturated heterocycles. The molecular weight excluding hydrogens is 228 g/mol. The Morgan fingerprint density at radius 1 is 1.22 bits per heavy atom. The van der Waals surface area contributed by atoms with Crippen LogP contribution in [-0.4, -0.2) is 56.0 Å². The number of hydrogen-bond donors (Lipinski definition) is 2. The van der Waals surface area contributed by atoms with E-state index in [9.17, 15) is 4.79 Å². The summed E-state index contributed by atoms with van der Waals surface area (Å²) >= 11 is 0. The number of carbonyl (C=O) groups excluding carboxylic acids is 1. The molecular formula is C13H26N4O. The number of nitrogens with two attached hydrogens (primary N) is 1. The average molecular weight is 254 g/mol. The van der Waals surface area contributed by atoms with E-state index in [1.54, 1.807) is 0 Å². The van der Waals surface area contributed by atoms with Gasteiger partial charge in [0, 0.05) is 6.54 Å². The molecule has 0 aliphatic carbocycles. The van der Waals surface area contributed by atoms with Crippen LogP contribution in [0, 0.1) is 11.3 Å². The maximum absolute atomic E-state index is 12.3. The fourth-order valence-corrected chi connectivity index (χ4v) is 3.60. The molecule has 0 aromatic heterocycles. The highest BCUT2D eigenvalue weighted by Gasteiger charge is 2.47. The van der Waals surface area contributed by atoms with Crippen molar-refractivity contribution in [3.63, 3.8) is 0 Å². The fraction of sp³-hybridized carbons (Fsp3) is 0.923. The van der Waals surface area contributed by atoms with Crippen LogP contribution in [0.1, 0.15) is 25.7 Å². The summed E-state index contributed by atoms with van der Waals surface area (Å²) in [6.45, 7) is 4.16. The molecule has 1 unspecified atom stereocenters.